The van der Waals surface area contributed by atoms with Crippen molar-refractivity contribution in [3.8, 4) is 0 Å². The molecule has 0 radical (unpaired) electrons. The van der Waals surface area contributed by atoms with Gasteiger partial charge in [0, 0.05) is 6.08 Å². The van der Waals surface area contributed by atoms with Crippen molar-refractivity contribution in [2.45, 2.75) is 31.3 Å². The van der Waals surface area contributed by atoms with Gasteiger partial charge in [0.15, 0.2) is 0 Å². The minimum absolute atomic E-state index is 0.296. The van der Waals surface area contributed by atoms with E-state index >= 15 is 0 Å². The number of hydrogen-bond donors (Lipinski definition) is 2. The molecular weight excluding hydrogens is 228 g/mol. The Bertz CT molecular complexity index is 410. The number of hydrogen-bond acceptors (Lipinski definition) is 5. The Morgan fingerprint density at radius 1 is 1.53 bits per heavy atom. The number of aliphatic carboxylic acids is 1. The van der Waals surface area contributed by atoms with Crippen LogP contribution < -0.4 is 0 Å². The van der Waals surface area contributed by atoms with Crippen LogP contribution in [0.1, 0.15) is 6.92 Å². The molecule has 0 spiro atoms. The van der Waals surface area contributed by atoms with Gasteiger partial charge in [0.2, 0.25) is 0 Å². The molecule has 4 atom stereocenters. The van der Waals surface area contributed by atoms with Crippen molar-refractivity contribution in [2.75, 3.05) is 0 Å². The summed E-state index contributed by atoms with van der Waals surface area (Å²) >= 11 is 0. The molecule has 6 heteroatoms. The van der Waals surface area contributed by atoms with Gasteiger partial charge in [0.05, 0.1) is 5.57 Å². The summed E-state index contributed by atoms with van der Waals surface area (Å²) in [6.45, 7) is 1.68. The van der Waals surface area contributed by atoms with E-state index in [2.05, 4.69) is 0 Å². The molecule has 0 aromatic heterocycles. The minimum Gasteiger partial charge on any atom is -0.478 e. The van der Waals surface area contributed by atoms with Crippen LogP contribution in [-0.2, 0) is 19.1 Å². The van der Waals surface area contributed by atoms with E-state index in [4.69, 9.17) is 14.6 Å². The average Bonchev–Trinajstić information content (AvgIpc) is 2.51. The smallest absolute Gasteiger partial charge is 0.336 e. The number of rotatable bonds is 2. The number of carbonyl (C=O) groups is 2. The fourth-order valence-electron chi connectivity index (χ4n) is 1.88. The molecule has 0 bridgehead atoms. The number of aliphatic hydroxyl groups is 1. The molecule has 0 amide bonds. The van der Waals surface area contributed by atoms with Crippen LogP contribution >= 0.6 is 0 Å². The van der Waals surface area contributed by atoms with E-state index < -0.39 is 36.4 Å². The van der Waals surface area contributed by atoms with Crippen LogP contribution in [0, 0.1) is 0 Å². The molecule has 2 heterocycles. The highest BCUT2D eigenvalue weighted by Gasteiger charge is 2.43. The fourth-order valence-corrected chi connectivity index (χ4v) is 1.88. The molecule has 2 N–H and O–H groups in total. The molecule has 1 saturated heterocycles. The second-order valence-corrected chi connectivity index (χ2v) is 3.94. The van der Waals surface area contributed by atoms with Gasteiger partial charge in [-0.2, -0.15) is 0 Å². The van der Waals surface area contributed by atoms with Gasteiger partial charge in [-0.15, -0.1) is 0 Å². The standard InChI is InChI=1S/C11H12O6/c1-5-10-6(11(15)16-5)4-7(12)8(17-10)2-3-9(13)14/h2-5,7-8,10,12H,1H3,(H,13,14). The third-order valence-corrected chi connectivity index (χ3v) is 2.68. The summed E-state index contributed by atoms with van der Waals surface area (Å²) in [5.41, 5.74) is 0.296. The molecule has 0 aromatic rings. The lowest BCUT2D eigenvalue weighted by Crippen LogP contribution is -2.39. The number of aliphatic hydroxyl groups excluding tert-OH is 1. The van der Waals surface area contributed by atoms with Gasteiger partial charge in [0.1, 0.15) is 24.4 Å². The Hall–Kier alpha value is -1.66. The predicted molar refractivity (Wildman–Crippen MR) is 55.1 cm³/mol. The number of fused-ring (bicyclic) bond motifs is 1. The molecule has 0 aromatic carbocycles. The molecule has 4 unspecified atom stereocenters. The molecule has 2 rings (SSSR count). The van der Waals surface area contributed by atoms with Crippen LogP contribution in [0.15, 0.2) is 23.8 Å². The first-order valence-electron chi connectivity index (χ1n) is 5.16. The SMILES string of the molecule is CC1OC(=O)C2=CC(O)C(C=CC(=O)O)OC21. The highest BCUT2D eigenvalue weighted by Crippen LogP contribution is 2.30. The van der Waals surface area contributed by atoms with Crippen LogP contribution in [0.25, 0.3) is 0 Å². The summed E-state index contributed by atoms with van der Waals surface area (Å²) < 4.78 is 10.4. The second kappa shape index (κ2) is 4.31. The third-order valence-electron chi connectivity index (χ3n) is 2.68. The molecule has 6 nitrogen and oxygen atoms in total. The van der Waals surface area contributed by atoms with Crippen molar-refractivity contribution in [1.82, 2.24) is 0 Å². The normalized spacial score (nSPS) is 36.6. The van der Waals surface area contributed by atoms with Gasteiger partial charge in [-0.1, -0.05) is 0 Å². The van der Waals surface area contributed by atoms with Gasteiger partial charge in [-0.25, -0.2) is 9.59 Å². The lowest BCUT2D eigenvalue weighted by Gasteiger charge is -2.28. The second-order valence-electron chi connectivity index (χ2n) is 3.94. The van der Waals surface area contributed by atoms with Gasteiger partial charge in [-0.3, -0.25) is 0 Å². The summed E-state index contributed by atoms with van der Waals surface area (Å²) in [6, 6.07) is 0. The molecule has 1 fully saturated rings. The maximum Gasteiger partial charge on any atom is 0.336 e. The van der Waals surface area contributed by atoms with E-state index in [1.165, 1.54) is 12.2 Å². The Morgan fingerprint density at radius 2 is 2.24 bits per heavy atom. The molecular formula is C11H12O6. The van der Waals surface area contributed by atoms with Crippen molar-refractivity contribution in [2.24, 2.45) is 0 Å². The van der Waals surface area contributed by atoms with E-state index in [1.54, 1.807) is 6.92 Å². The number of ether oxygens (including phenoxy) is 2. The topological polar surface area (TPSA) is 93.1 Å². The van der Waals surface area contributed by atoms with E-state index in [0.29, 0.717) is 5.57 Å². The lowest BCUT2D eigenvalue weighted by atomic mass is 9.99. The predicted octanol–water partition coefficient (Wildman–Crippen LogP) is -0.373. The van der Waals surface area contributed by atoms with Crippen LogP contribution in [0.5, 0.6) is 0 Å². The van der Waals surface area contributed by atoms with Gasteiger partial charge < -0.3 is 19.7 Å². The molecule has 92 valence electrons. The zero-order valence-corrected chi connectivity index (χ0v) is 9.07. The number of carboxylic acids is 1. The van der Waals surface area contributed by atoms with Crippen LogP contribution in [0.2, 0.25) is 0 Å². The van der Waals surface area contributed by atoms with E-state index in [1.807, 2.05) is 0 Å². The highest BCUT2D eigenvalue weighted by atomic mass is 16.6. The number of cyclic esters (lactones) is 1. The Kier molecular flexibility index (Phi) is 2.99. The molecule has 2 aliphatic heterocycles. The first kappa shape index (κ1) is 11.8. The van der Waals surface area contributed by atoms with Gasteiger partial charge in [-0.05, 0) is 19.1 Å². The fraction of sp³-hybridized carbons (Fsp3) is 0.455. The van der Waals surface area contributed by atoms with E-state index in [9.17, 15) is 14.7 Å². The number of esters is 1. The van der Waals surface area contributed by atoms with Crippen LogP contribution in [0.3, 0.4) is 0 Å². The van der Waals surface area contributed by atoms with Crippen molar-refractivity contribution >= 4 is 11.9 Å². The zero-order chi connectivity index (χ0) is 12.6. The quantitative estimate of drug-likeness (QED) is 0.505. The average molecular weight is 240 g/mol. The summed E-state index contributed by atoms with van der Waals surface area (Å²) in [5.74, 6) is -1.62. The highest BCUT2D eigenvalue weighted by molar-refractivity contribution is 5.92. The van der Waals surface area contributed by atoms with Crippen molar-refractivity contribution in [3.63, 3.8) is 0 Å². The summed E-state index contributed by atoms with van der Waals surface area (Å²) in [4.78, 5) is 21.7. The largest absolute Gasteiger partial charge is 0.478 e. The molecule has 2 aliphatic rings. The molecule has 0 aliphatic carbocycles. The van der Waals surface area contributed by atoms with Crippen molar-refractivity contribution < 1.29 is 29.3 Å². The number of carboxylic acid groups (broad SMARTS) is 1. The summed E-state index contributed by atoms with van der Waals surface area (Å²) in [5, 5.41) is 18.2. The van der Waals surface area contributed by atoms with Crippen LogP contribution in [-0.4, -0.2) is 46.6 Å². The Morgan fingerprint density at radius 3 is 2.88 bits per heavy atom. The maximum atomic E-state index is 11.3. The summed E-state index contributed by atoms with van der Waals surface area (Å²) in [6.07, 6.45) is 0.699. The first-order valence-corrected chi connectivity index (χ1v) is 5.16. The minimum atomic E-state index is -1.12. The summed E-state index contributed by atoms with van der Waals surface area (Å²) in [7, 11) is 0. The first-order chi connectivity index (χ1) is 7.99. The van der Waals surface area contributed by atoms with Gasteiger partial charge in [0.25, 0.3) is 0 Å². The van der Waals surface area contributed by atoms with Crippen molar-refractivity contribution in [3.05, 3.63) is 23.8 Å². The lowest BCUT2D eigenvalue weighted by molar-refractivity contribution is -0.139. The molecule has 0 saturated carbocycles. The van der Waals surface area contributed by atoms with E-state index in [-0.39, 0.29) is 0 Å². The zero-order valence-electron chi connectivity index (χ0n) is 9.07. The monoisotopic (exact) mass is 240 g/mol. The maximum absolute atomic E-state index is 11.3. The molecule has 17 heavy (non-hydrogen) atoms. The van der Waals surface area contributed by atoms with Gasteiger partial charge >= 0.3 is 11.9 Å². The Balaban J connectivity index is 2.19. The van der Waals surface area contributed by atoms with Crippen LogP contribution in [0.4, 0.5) is 0 Å². The van der Waals surface area contributed by atoms with E-state index in [0.717, 1.165) is 6.08 Å². The number of carbonyl (C=O) groups excluding carboxylic acids is 1. The third kappa shape index (κ3) is 2.22. The Labute approximate surface area is 97.1 Å². The van der Waals surface area contributed by atoms with Crippen molar-refractivity contribution in [1.29, 1.82) is 0 Å².